The third-order valence-corrected chi connectivity index (χ3v) is 7.45. The Labute approximate surface area is 226 Å². The number of amides is 2. The number of aromatic nitrogens is 1. The molecule has 3 aromatic rings. The zero-order valence-electron chi connectivity index (χ0n) is 22.3. The van der Waals surface area contributed by atoms with E-state index in [1.165, 1.54) is 12.1 Å². The average Bonchev–Trinajstić information content (AvgIpc) is 3.42. The van der Waals surface area contributed by atoms with Crippen molar-refractivity contribution >= 4 is 11.8 Å². The van der Waals surface area contributed by atoms with Crippen molar-refractivity contribution in [3.05, 3.63) is 77.5 Å². The molecule has 2 N–H and O–H groups in total. The number of nitrogens with zero attached hydrogens (tertiary/aromatic N) is 3. The van der Waals surface area contributed by atoms with Gasteiger partial charge in [0.1, 0.15) is 11.6 Å². The van der Waals surface area contributed by atoms with E-state index in [1.807, 2.05) is 37.3 Å². The minimum Gasteiger partial charge on any atom is -0.392 e. The predicted molar refractivity (Wildman–Crippen MR) is 142 cm³/mol. The smallest absolute Gasteiger partial charge is 0.273 e. The Morgan fingerprint density at radius 2 is 1.92 bits per heavy atom. The fraction of sp³-hybridized carbons (Fsp3) is 0.414. The molecule has 0 aliphatic carbocycles. The lowest BCUT2D eigenvalue weighted by molar-refractivity contribution is -0.137. The summed E-state index contributed by atoms with van der Waals surface area (Å²) in [6, 6.07) is 13.6. The third kappa shape index (κ3) is 6.88. The van der Waals surface area contributed by atoms with Crippen molar-refractivity contribution < 1.29 is 28.0 Å². The summed E-state index contributed by atoms with van der Waals surface area (Å²) in [6.45, 7) is 5.10. The Kier molecular flexibility index (Phi) is 9.08. The summed E-state index contributed by atoms with van der Waals surface area (Å²) in [4.78, 5) is 30.5. The van der Waals surface area contributed by atoms with Crippen LogP contribution in [-0.4, -0.2) is 76.7 Å². The fourth-order valence-electron chi connectivity index (χ4n) is 4.85. The first-order valence-electron chi connectivity index (χ1n) is 13.1. The van der Waals surface area contributed by atoms with Crippen molar-refractivity contribution in [2.24, 2.45) is 5.92 Å². The highest BCUT2D eigenvalue weighted by Gasteiger charge is 2.39. The van der Waals surface area contributed by atoms with E-state index in [-0.39, 0.29) is 29.0 Å². The Morgan fingerprint density at radius 3 is 2.62 bits per heavy atom. The van der Waals surface area contributed by atoms with Crippen molar-refractivity contribution in [3.63, 3.8) is 0 Å². The molecule has 8 nitrogen and oxygen atoms in total. The Bertz CT molecular complexity index is 1280. The van der Waals surface area contributed by atoms with Gasteiger partial charge in [0.15, 0.2) is 11.5 Å². The molecule has 1 fully saturated rings. The van der Waals surface area contributed by atoms with Crippen molar-refractivity contribution in [3.8, 4) is 11.3 Å². The minimum atomic E-state index is -0.832. The predicted octanol–water partition coefficient (Wildman–Crippen LogP) is 3.51. The second kappa shape index (κ2) is 12.5. The van der Waals surface area contributed by atoms with Crippen molar-refractivity contribution in [1.29, 1.82) is 0 Å². The van der Waals surface area contributed by atoms with E-state index in [2.05, 4.69) is 15.4 Å². The maximum atomic E-state index is 14.2. The molecule has 208 valence electrons. The van der Waals surface area contributed by atoms with Gasteiger partial charge in [0.25, 0.3) is 5.91 Å². The molecule has 4 atom stereocenters. The first-order chi connectivity index (χ1) is 18.6. The monoisotopic (exact) mass is 540 g/mol. The number of aliphatic hydroxyl groups is 1. The van der Waals surface area contributed by atoms with Crippen molar-refractivity contribution in [2.75, 3.05) is 26.7 Å². The van der Waals surface area contributed by atoms with Crippen LogP contribution in [-0.2, 0) is 11.2 Å². The van der Waals surface area contributed by atoms with E-state index in [4.69, 9.17) is 4.52 Å². The van der Waals surface area contributed by atoms with Crippen LogP contribution in [0.3, 0.4) is 0 Å². The van der Waals surface area contributed by atoms with E-state index < -0.39 is 35.6 Å². The molecule has 1 saturated heterocycles. The number of piperidine rings is 1. The number of carbonyl (C=O) groups is 2. The van der Waals surface area contributed by atoms with Crippen LogP contribution in [0.25, 0.3) is 11.3 Å². The molecule has 1 aliphatic heterocycles. The summed E-state index contributed by atoms with van der Waals surface area (Å²) >= 11 is 0. The van der Waals surface area contributed by atoms with Gasteiger partial charge in [-0.2, -0.15) is 0 Å². The maximum absolute atomic E-state index is 14.2. The van der Waals surface area contributed by atoms with Crippen molar-refractivity contribution in [1.82, 2.24) is 20.3 Å². The van der Waals surface area contributed by atoms with Crippen LogP contribution in [0.1, 0.15) is 36.3 Å². The molecular weight excluding hydrogens is 506 g/mol. The van der Waals surface area contributed by atoms with E-state index in [9.17, 15) is 23.5 Å². The summed E-state index contributed by atoms with van der Waals surface area (Å²) in [5.41, 5.74) is 1.03. The van der Waals surface area contributed by atoms with Crippen LogP contribution in [0.4, 0.5) is 8.78 Å². The largest absolute Gasteiger partial charge is 0.392 e. The second-order valence-electron chi connectivity index (χ2n) is 10.1. The Balaban J connectivity index is 1.48. The van der Waals surface area contributed by atoms with Crippen LogP contribution in [0.5, 0.6) is 0 Å². The highest BCUT2D eigenvalue weighted by Crippen LogP contribution is 2.26. The molecule has 1 aromatic heterocycles. The van der Waals surface area contributed by atoms with E-state index >= 15 is 0 Å². The van der Waals surface area contributed by atoms with Crippen LogP contribution in [0, 0.1) is 17.6 Å². The summed E-state index contributed by atoms with van der Waals surface area (Å²) in [6.07, 6.45) is 0.605. The average molecular weight is 541 g/mol. The quantitative estimate of drug-likeness (QED) is 0.431. The summed E-state index contributed by atoms with van der Waals surface area (Å²) in [5, 5.41) is 16.8. The fourth-order valence-corrected chi connectivity index (χ4v) is 4.85. The van der Waals surface area contributed by atoms with Gasteiger partial charge in [-0.3, -0.25) is 14.5 Å². The van der Waals surface area contributed by atoms with Gasteiger partial charge < -0.3 is 19.8 Å². The topological polar surface area (TPSA) is 98.9 Å². The van der Waals surface area contributed by atoms with Gasteiger partial charge in [-0.05, 0) is 44.4 Å². The molecule has 0 bridgehead atoms. The molecular formula is C29H34F2N4O4. The summed E-state index contributed by atoms with van der Waals surface area (Å²) in [7, 11) is 1.75. The molecule has 2 aromatic carbocycles. The normalized spacial score (nSPS) is 19.3. The van der Waals surface area contributed by atoms with Gasteiger partial charge >= 0.3 is 0 Å². The highest BCUT2D eigenvalue weighted by atomic mass is 19.1. The number of likely N-dealkylation sites (N-methyl/N-ethyl adjacent to an activating group) is 1. The summed E-state index contributed by atoms with van der Waals surface area (Å²) < 4.78 is 32.6. The lowest BCUT2D eigenvalue weighted by Crippen LogP contribution is -2.58. The lowest BCUT2D eigenvalue weighted by atomic mass is 9.89. The number of hydrogen-bond donors (Lipinski definition) is 2. The molecule has 39 heavy (non-hydrogen) atoms. The van der Waals surface area contributed by atoms with Gasteiger partial charge in [-0.15, -0.1) is 0 Å². The van der Waals surface area contributed by atoms with E-state index in [1.54, 1.807) is 18.9 Å². The molecule has 10 heteroatoms. The molecule has 0 radical (unpaired) electrons. The van der Waals surface area contributed by atoms with Gasteiger partial charge in [-0.25, -0.2) is 8.78 Å². The zero-order chi connectivity index (χ0) is 28.1. The first kappa shape index (κ1) is 28.4. The van der Waals surface area contributed by atoms with E-state index in [0.29, 0.717) is 32.5 Å². The number of nitrogens with one attached hydrogen (secondary N) is 1. The molecule has 4 rings (SSSR count). The Hall–Kier alpha value is -3.63. The SMILES string of the molecule is CC(O)C(C)N1CCC(NC(=O)c2cc(-c3ccc(F)cc3F)on2)C(C(=O)N(C)CCc2ccccc2)C1. The van der Waals surface area contributed by atoms with Crippen LogP contribution in [0.2, 0.25) is 0 Å². The molecule has 4 unspecified atom stereocenters. The van der Waals surface area contributed by atoms with Crippen LogP contribution >= 0.6 is 0 Å². The first-order valence-corrected chi connectivity index (χ1v) is 13.1. The van der Waals surface area contributed by atoms with Gasteiger partial charge in [0.05, 0.1) is 17.6 Å². The number of benzene rings is 2. The lowest BCUT2D eigenvalue weighted by Gasteiger charge is -2.42. The molecule has 2 heterocycles. The summed E-state index contributed by atoms with van der Waals surface area (Å²) in [5.74, 6) is -2.78. The molecule has 0 spiro atoms. The highest BCUT2D eigenvalue weighted by molar-refractivity contribution is 5.94. The molecule has 0 saturated carbocycles. The van der Waals surface area contributed by atoms with Crippen LogP contribution < -0.4 is 5.32 Å². The number of rotatable bonds is 9. The number of likely N-dealkylation sites (tertiary alicyclic amines) is 1. The van der Waals surface area contributed by atoms with E-state index in [0.717, 1.165) is 17.7 Å². The standard InChI is InChI=1S/C29H34F2N4O4/c1-18(19(2)36)35-14-12-25(23(17-35)29(38)34(3)13-11-20-7-5-4-6-8-20)32-28(37)26-16-27(39-33-26)22-10-9-21(30)15-24(22)31/h4-10,15-16,18-19,23,25,36H,11-14,17H2,1-3H3,(H,32,37). The van der Waals surface area contributed by atoms with Crippen molar-refractivity contribution in [2.45, 2.75) is 44.9 Å². The van der Waals surface area contributed by atoms with Gasteiger partial charge in [0, 0.05) is 50.9 Å². The van der Waals surface area contributed by atoms with Gasteiger partial charge in [0.2, 0.25) is 5.91 Å². The van der Waals surface area contributed by atoms with Crippen LogP contribution in [0.15, 0.2) is 59.1 Å². The number of hydrogen-bond acceptors (Lipinski definition) is 6. The zero-order valence-corrected chi connectivity index (χ0v) is 22.3. The Morgan fingerprint density at radius 1 is 1.18 bits per heavy atom. The maximum Gasteiger partial charge on any atom is 0.273 e. The third-order valence-electron chi connectivity index (χ3n) is 7.45. The number of carbonyl (C=O) groups excluding carboxylic acids is 2. The number of halogens is 2. The number of aliphatic hydroxyl groups excluding tert-OH is 1. The molecule has 2 amide bonds. The molecule has 1 aliphatic rings. The second-order valence-corrected chi connectivity index (χ2v) is 10.1. The minimum absolute atomic E-state index is 0.00787. The van der Waals surface area contributed by atoms with Gasteiger partial charge in [-0.1, -0.05) is 35.5 Å².